The molecule has 0 spiro atoms. The molecule has 1 heterocycles. The Kier molecular flexibility index (Phi) is 5.11. The van der Waals surface area contributed by atoms with E-state index in [-0.39, 0.29) is 11.8 Å². The van der Waals surface area contributed by atoms with Gasteiger partial charge in [0, 0.05) is 45.2 Å². The summed E-state index contributed by atoms with van der Waals surface area (Å²) in [5.74, 6) is 0.504. The Bertz CT molecular complexity index is 488. The Morgan fingerprint density at radius 3 is 2.32 bits per heavy atom. The van der Waals surface area contributed by atoms with Gasteiger partial charge in [0.05, 0.1) is 0 Å². The molecule has 0 aromatic heterocycles. The Labute approximate surface area is 133 Å². The maximum Gasteiger partial charge on any atom is 0.223 e. The van der Waals surface area contributed by atoms with Crippen LogP contribution in [0.4, 0.5) is 0 Å². The molecular weight excluding hydrogens is 274 g/mol. The van der Waals surface area contributed by atoms with Crippen molar-refractivity contribution in [1.29, 1.82) is 0 Å². The molecule has 1 amide bonds. The lowest BCUT2D eigenvalue weighted by Crippen LogP contribution is -2.43. The quantitative estimate of drug-likeness (QED) is 0.901. The summed E-state index contributed by atoms with van der Waals surface area (Å²) in [5, 5.41) is 3.05. The zero-order valence-electron chi connectivity index (χ0n) is 13.6. The molecule has 1 N–H and O–H groups in total. The van der Waals surface area contributed by atoms with Gasteiger partial charge in [0.2, 0.25) is 5.91 Å². The van der Waals surface area contributed by atoms with Crippen LogP contribution in [0.3, 0.4) is 0 Å². The maximum absolute atomic E-state index is 11.8. The normalized spacial score (nSPS) is 20.6. The lowest BCUT2D eigenvalue weighted by atomic mass is 9.85. The van der Waals surface area contributed by atoms with Gasteiger partial charge in [0.1, 0.15) is 0 Å². The number of rotatable bonds is 5. The number of carbonyl (C=O) groups excluding carboxylic acids is 1. The largest absolute Gasteiger partial charge is 0.352 e. The highest BCUT2D eigenvalue weighted by molar-refractivity contribution is 5.79. The van der Waals surface area contributed by atoms with Crippen molar-refractivity contribution in [3.63, 3.8) is 0 Å². The summed E-state index contributed by atoms with van der Waals surface area (Å²) in [6.07, 6.45) is 3.34. The molecule has 1 aliphatic carbocycles. The van der Waals surface area contributed by atoms with Gasteiger partial charge in [-0.25, -0.2) is 0 Å². The van der Waals surface area contributed by atoms with E-state index in [4.69, 9.17) is 0 Å². The lowest BCUT2D eigenvalue weighted by molar-refractivity contribution is -0.127. The first-order chi connectivity index (χ1) is 10.7. The molecule has 1 aliphatic heterocycles. The number of piperazine rings is 1. The first-order valence-electron chi connectivity index (χ1n) is 8.47. The monoisotopic (exact) mass is 301 g/mol. The molecule has 1 aromatic rings. The van der Waals surface area contributed by atoms with Crippen LogP contribution in [0, 0.1) is 5.92 Å². The Hall–Kier alpha value is -1.39. The zero-order chi connectivity index (χ0) is 15.4. The van der Waals surface area contributed by atoms with E-state index in [2.05, 4.69) is 46.4 Å². The topological polar surface area (TPSA) is 35.6 Å². The second-order valence-corrected chi connectivity index (χ2v) is 6.74. The molecular formula is C18H27N3O. The Balaban J connectivity index is 1.44. The second-order valence-electron chi connectivity index (χ2n) is 6.74. The molecule has 1 aromatic carbocycles. The molecule has 120 valence electrons. The van der Waals surface area contributed by atoms with Crippen LogP contribution in [0.25, 0.3) is 0 Å². The molecule has 0 unspecified atom stereocenters. The summed E-state index contributed by atoms with van der Waals surface area (Å²) in [6, 6.07) is 8.69. The van der Waals surface area contributed by atoms with E-state index in [1.54, 1.807) is 0 Å². The third-order valence-electron chi connectivity index (χ3n) is 4.97. The molecule has 0 atom stereocenters. The van der Waals surface area contributed by atoms with Gasteiger partial charge in [-0.3, -0.25) is 9.69 Å². The standard InChI is InChI=1S/C18H27N3O/c1-20-9-11-21(12-10-20)14-16-7-5-15(6-8-16)13-19-18(22)17-3-2-4-17/h5-8,17H,2-4,9-14H2,1H3,(H,19,22). The molecule has 1 saturated heterocycles. The van der Waals surface area contributed by atoms with Crippen molar-refractivity contribution >= 4 is 5.91 Å². The third kappa shape index (κ3) is 4.08. The number of nitrogens with zero attached hydrogens (tertiary/aromatic N) is 2. The van der Waals surface area contributed by atoms with Crippen LogP contribution in [0.1, 0.15) is 30.4 Å². The summed E-state index contributed by atoms with van der Waals surface area (Å²) in [6.45, 7) is 6.30. The number of nitrogens with one attached hydrogen (secondary N) is 1. The van der Waals surface area contributed by atoms with Gasteiger partial charge in [-0.15, -0.1) is 0 Å². The minimum Gasteiger partial charge on any atom is -0.352 e. The van der Waals surface area contributed by atoms with Crippen LogP contribution in [0.15, 0.2) is 24.3 Å². The van der Waals surface area contributed by atoms with E-state index in [1.807, 2.05) is 0 Å². The number of hydrogen-bond acceptors (Lipinski definition) is 3. The fourth-order valence-electron chi connectivity index (χ4n) is 3.03. The van der Waals surface area contributed by atoms with Gasteiger partial charge in [0.25, 0.3) is 0 Å². The van der Waals surface area contributed by atoms with Crippen molar-refractivity contribution in [2.45, 2.75) is 32.4 Å². The van der Waals surface area contributed by atoms with Gasteiger partial charge in [-0.1, -0.05) is 30.7 Å². The molecule has 2 fully saturated rings. The fraction of sp³-hybridized carbons (Fsp3) is 0.611. The number of carbonyl (C=O) groups is 1. The summed E-state index contributed by atoms with van der Waals surface area (Å²) in [7, 11) is 2.18. The van der Waals surface area contributed by atoms with Gasteiger partial charge in [0.15, 0.2) is 0 Å². The third-order valence-corrected chi connectivity index (χ3v) is 4.97. The van der Waals surface area contributed by atoms with Gasteiger partial charge in [-0.2, -0.15) is 0 Å². The van der Waals surface area contributed by atoms with Crippen LogP contribution in [-0.4, -0.2) is 48.9 Å². The highest BCUT2D eigenvalue weighted by atomic mass is 16.1. The van der Waals surface area contributed by atoms with Gasteiger partial charge >= 0.3 is 0 Å². The highest BCUT2D eigenvalue weighted by Gasteiger charge is 2.24. The summed E-state index contributed by atoms with van der Waals surface area (Å²) in [5.41, 5.74) is 2.55. The number of hydrogen-bond donors (Lipinski definition) is 1. The minimum absolute atomic E-state index is 0.229. The van der Waals surface area contributed by atoms with Crippen molar-refractivity contribution in [2.75, 3.05) is 33.2 Å². The average Bonchev–Trinajstić information content (AvgIpc) is 2.47. The smallest absolute Gasteiger partial charge is 0.223 e. The predicted octanol–water partition coefficient (Wildman–Crippen LogP) is 1.85. The first-order valence-corrected chi connectivity index (χ1v) is 8.47. The van der Waals surface area contributed by atoms with E-state index < -0.39 is 0 Å². The number of benzene rings is 1. The van der Waals surface area contributed by atoms with E-state index >= 15 is 0 Å². The van der Waals surface area contributed by atoms with Crippen LogP contribution in [-0.2, 0) is 17.9 Å². The minimum atomic E-state index is 0.229. The molecule has 0 radical (unpaired) electrons. The lowest BCUT2D eigenvalue weighted by Gasteiger charge is -2.32. The van der Waals surface area contributed by atoms with Crippen molar-refractivity contribution in [3.05, 3.63) is 35.4 Å². The Morgan fingerprint density at radius 2 is 1.73 bits per heavy atom. The predicted molar refractivity (Wildman–Crippen MR) is 88.4 cm³/mol. The van der Waals surface area contributed by atoms with Crippen LogP contribution in [0.5, 0.6) is 0 Å². The molecule has 1 saturated carbocycles. The molecule has 3 rings (SSSR count). The van der Waals surface area contributed by atoms with Crippen molar-refractivity contribution in [3.8, 4) is 0 Å². The van der Waals surface area contributed by atoms with E-state index in [9.17, 15) is 4.79 Å². The summed E-state index contributed by atoms with van der Waals surface area (Å²) < 4.78 is 0. The van der Waals surface area contributed by atoms with Gasteiger partial charge < -0.3 is 10.2 Å². The fourth-order valence-corrected chi connectivity index (χ4v) is 3.03. The SMILES string of the molecule is CN1CCN(Cc2ccc(CNC(=O)C3CCC3)cc2)CC1. The molecule has 4 nitrogen and oxygen atoms in total. The summed E-state index contributed by atoms with van der Waals surface area (Å²) >= 11 is 0. The molecule has 0 bridgehead atoms. The summed E-state index contributed by atoms with van der Waals surface area (Å²) in [4.78, 5) is 16.7. The van der Waals surface area contributed by atoms with Crippen molar-refractivity contribution in [2.24, 2.45) is 5.92 Å². The van der Waals surface area contributed by atoms with E-state index in [1.165, 1.54) is 17.5 Å². The average molecular weight is 301 g/mol. The number of likely N-dealkylation sites (N-methyl/N-ethyl adjacent to an activating group) is 1. The van der Waals surface area contributed by atoms with E-state index in [0.29, 0.717) is 6.54 Å². The first kappa shape index (κ1) is 15.5. The second kappa shape index (κ2) is 7.25. The van der Waals surface area contributed by atoms with Crippen LogP contribution < -0.4 is 5.32 Å². The van der Waals surface area contributed by atoms with Crippen LogP contribution >= 0.6 is 0 Å². The molecule has 22 heavy (non-hydrogen) atoms. The maximum atomic E-state index is 11.8. The van der Waals surface area contributed by atoms with Crippen molar-refractivity contribution < 1.29 is 4.79 Å². The zero-order valence-corrected chi connectivity index (χ0v) is 13.6. The molecule has 2 aliphatic rings. The highest BCUT2D eigenvalue weighted by Crippen LogP contribution is 2.26. The van der Waals surface area contributed by atoms with Gasteiger partial charge in [-0.05, 0) is 31.0 Å². The Morgan fingerprint density at radius 1 is 1.09 bits per heavy atom. The molecule has 4 heteroatoms. The van der Waals surface area contributed by atoms with Crippen LogP contribution in [0.2, 0.25) is 0 Å². The number of amides is 1. The van der Waals surface area contributed by atoms with E-state index in [0.717, 1.165) is 45.6 Å². The van der Waals surface area contributed by atoms with Crippen molar-refractivity contribution in [1.82, 2.24) is 15.1 Å².